The van der Waals surface area contributed by atoms with Gasteiger partial charge in [-0.05, 0) is 23.8 Å². The molecule has 0 aliphatic rings. The molecular weight excluding hydrogens is 388 g/mol. The highest BCUT2D eigenvalue weighted by Crippen LogP contribution is 2.38. The van der Waals surface area contributed by atoms with Crippen LogP contribution in [0.1, 0.15) is 5.56 Å². The van der Waals surface area contributed by atoms with Crippen molar-refractivity contribution in [3.63, 3.8) is 0 Å². The molecule has 3 N–H and O–H groups in total. The first kappa shape index (κ1) is 19.2. The molecule has 152 valence electrons. The second-order valence-electron chi connectivity index (χ2n) is 6.59. The first-order chi connectivity index (χ1) is 14.5. The highest BCUT2D eigenvalue weighted by molar-refractivity contribution is 5.88. The maximum atomic E-state index is 12.6. The van der Waals surface area contributed by atoms with Gasteiger partial charge in [-0.15, -0.1) is 0 Å². The Labute approximate surface area is 171 Å². The summed E-state index contributed by atoms with van der Waals surface area (Å²) in [7, 11) is 1.40. The van der Waals surface area contributed by atoms with Crippen molar-refractivity contribution in [3.05, 3.63) is 76.5 Å². The molecule has 3 aromatic carbocycles. The van der Waals surface area contributed by atoms with Crippen LogP contribution in [0.3, 0.4) is 0 Å². The molecule has 1 aromatic heterocycles. The van der Waals surface area contributed by atoms with Crippen LogP contribution in [0.15, 0.2) is 69.9 Å². The second-order valence-corrected chi connectivity index (χ2v) is 6.59. The van der Waals surface area contributed by atoms with E-state index in [4.69, 9.17) is 13.9 Å². The minimum atomic E-state index is -0.798. The molecule has 0 unspecified atom stereocenters. The first-order valence-electron chi connectivity index (χ1n) is 9.05. The van der Waals surface area contributed by atoms with Crippen LogP contribution >= 0.6 is 0 Å². The highest BCUT2D eigenvalue weighted by atomic mass is 16.5. The summed E-state index contributed by atoms with van der Waals surface area (Å²) in [6.45, 7) is 0.257. The topological polar surface area (TPSA) is 109 Å². The van der Waals surface area contributed by atoms with Gasteiger partial charge in [-0.1, -0.05) is 30.3 Å². The average molecular weight is 406 g/mol. The highest BCUT2D eigenvalue weighted by Gasteiger charge is 2.20. The van der Waals surface area contributed by atoms with Crippen molar-refractivity contribution >= 4 is 11.0 Å². The van der Waals surface area contributed by atoms with Gasteiger partial charge in [0.15, 0.2) is 17.3 Å². The normalized spacial score (nSPS) is 10.8. The molecule has 30 heavy (non-hydrogen) atoms. The van der Waals surface area contributed by atoms with Crippen molar-refractivity contribution in [1.29, 1.82) is 0 Å². The molecule has 0 aliphatic carbocycles. The Balaban J connectivity index is 1.78. The molecular formula is C23H18O7. The molecule has 0 atom stereocenters. The molecule has 1 heterocycles. The fraction of sp³-hybridized carbons (Fsp3) is 0.0870. The van der Waals surface area contributed by atoms with E-state index in [1.807, 2.05) is 30.3 Å². The van der Waals surface area contributed by atoms with Gasteiger partial charge in [0.2, 0.25) is 11.2 Å². The summed E-state index contributed by atoms with van der Waals surface area (Å²) in [6, 6.07) is 16.5. The molecule has 4 rings (SSSR count). The number of methoxy groups -OCH3 is 1. The summed E-state index contributed by atoms with van der Waals surface area (Å²) < 4.78 is 16.4. The Hall–Kier alpha value is -4.13. The number of phenolic OH excluding ortho intramolecular Hbond substituents is 2. The van der Waals surface area contributed by atoms with Gasteiger partial charge < -0.3 is 29.2 Å². The van der Waals surface area contributed by atoms with Crippen LogP contribution < -0.4 is 14.9 Å². The maximum Gasteiger partial charge on any atom is 0.238 e. The minimum Gasteiger partial charge on any atom is -0.507 e. The standard InChI is InChI=1S/C23H18O7/c1-28-18-8-7-14(9-16(18)24)23-22(27)21(26)20-17(25)10-15(11-19(20)30-23)29-12-13-5-3-2-4-6-13/h2-11,24-25,27H,12H2,1H3. The summed E-state index contributed by atoms with van der Waals surface area (Å²) in [5, 5.41) is 30.5. The van der Waals surface area contributed by atoms with Gasteiger partial charge in [-0.3, -0.25) is 4.79 Å². The van der Waals surface area contributed by atoms with Gasteiger partial charge in [-0.25, -0.2) is 0 Å². The van der Waals surface area contributed by atoms with E-state index in [1.165, 1.54) is 37.4 Å². The van der Waals surface area contributed by atoms with Gasteiger partial charge in [0.05, 0.1) is 7.11 Å². The zero-order chi connectivity index (χ0) is 21.3. The summed E-state index contributed by atoms with van der Waals surface area (Å²) in [6.07, 6.45) is 0. The Kier molecular flexibility index (Phi) is 4.93. The van der Waals surface area contributed by atoms with E-state index in [1.54, 1.807) is 0 Å². The average Bonchev–Trinajstić information content (AvgIpc) is 2.75. The maximum absolute atomic E-state index is 12.6. The van der Waals surface area contributed by atoms with Gasteiger partial charge in [-0.2, -0.15) is 0 Å². The monoisotopic (exact) mass is 406 g/mol. The van der Waals surface area contributed by atoms with Crippen LogP contribution in [0, 0.1) is 0 Å². The molecule has 7 heteroatoms. The summed E-state index contributed by atoms with van der Waals surface area (Å²) in [5.74, 6) is -0.856. The fourth-order valence-corrected chi connectivity index (χ4v) is 3.12. The van der Waals surface area contributed by atoms with Crippen molar-refractivity contribution in [2.24, 2.45) is 0 Å². The number of hydrogen-bond donors (Lipinski definition) is 3. The van der Waals surface area contributed by atoms with E-state index in [2.05, 4.69) is 0 Å². The number of aromatic hydroxyl groups is 3. The van der Waals surface area contributed by atoms with Crippen LogP contribution in [0.25, 0.3) is 22.3 Å². The Morgan fingerprint density at radius 3 is 2.40 bits per heavy atom. The van der Waals surface area contributed by atoms with Crippen LogP contribution in [0.5, 0.6) is 28.7 Å². The summed E-state index contributed by atoms with van der Waals surface area (Å²) in [4.78, 5) is 12.6. The van der Waals surface area contributed by atoms with Gasteiger partial charge >= 0.3 is 0 Å². The summed E-state index contributed by atoms with van der Waals surface area (Å²) >= 11 is 0. The third-order valence-corrected chi connectivity index (χ3v) is 4.61. The van der Waals surface area contributed by atoms with Gasteiger partial charge in [0, 0.05) is 17.7 Å². The van der Waals surface area contributed by atoms with Crippen LogP contribution in [0.4, 0.5) is 0 Å². The van der Waals surface area contributed by atoms with Crippen molar-refractivity contribution in [3.8, 4) is 40.1 Å². The van der Waals surface area contributed by atoms with E-state index in [9.17, 15) is 20.1 Å². The lowest BCUT2D eigenvalue weighted by Crippen LogP contribution is -2.04. The van der Waals surface area contributed by atoms with Crippen LogP contribution in [-0.2, 0) is 6.61 Å². The molecule has 0 amide bonds. The minimum absolute atomic E-state index is 0.0335. The van der Waals surface area contributed by atoms with Crippen molar-refractivity contribution < 1.29 is 29.2 Å². The van der Waals surface area contributed by atoms with Crippen molar-refractivity contribution in [2.75, 3.05) is 7.11 Å². The molecule has 0 fully saturated rings. The fourth-order valence-electron chi connectivity index (χ4n) is 3.12. The number of ether oxygens (including phenoxy) is 2. The predicted molar refractivity (Wildman–Crippen MR) is 110 cm³/mol. The second kappa shape index (κ2) is 7.71. The Bertz CT molecular complexity index is 1280. The number of rotatable bonds is 5. The van der Waals surface area contributed by atoms with E-state index < -0.39 is 11.2 Å². The van der Waals surface area contributed by atoms with E-state index in [0.717, 1.165) is 5.56 Å². The SMILES string of the molecule is COc1ccc(-c2oc3cc(OCc4ccccc4)cc(O)c3c(=O)c2O)cc1O. The molecule has 0 spiro atoms. The molecule has 4 aromatic rings. The number of hydrogen-bond acceptors (Lipinski definition) is 7. The Morgan fingerprint density at radius 1 is 0.933 bits per heavy atom. The lowest BCUT2D eigenvalue weighted by atomic mass is 10.1. The third-order valence-electron chi connectivity index (χ3n) is 4.61. The van der Waals surface area contributed by atoms with Crippen LogP contribution in [0.2, 0.25) is 0 Å². The van der Waals surface area contributed by atoms with Crippen molar-refractivity contribution in [1.82, 2.24) is 0 Å². The molecule has 0 radical (unpaired) electrons. The molecule has 0 saturated carbocycles. The molecule has 0 saturated heterocycles. The van der Waals surface area contributed by atoms with E-state index in [0.29, 0.717) is 5.75 Å². The smallest absolute Gasteiger partial charge is 0.238 e. The third kappa shape index (κ3) is 3.48. The largest absolute Gasteiger partial charge is 0.507 e. The molecule has 0 aliphatic heterocycles. The van der Waals surface area contributed by atoms with Gasteiger partial charge in [0.25, 0.3) is 0 Å². The first-order valence-corrected chi connectivity index (χ1v) is 9.05. The Morgan fingerprint density at radius 2 is 1.70 bits per heavy atom. The molecule has 0 bridgehead atoms. The van der Waals surface area contributed by atoms with Crippen LogP contribution in [-0.4, -0.2) is 22.4 Å². The zero-order valence-corrected chi connectivity index (χ0v) is 16.0. The summed E-state index contributed by atoms with van der Waals surface area (Å²) in [5.41, 5.74) is 0.429. The zero-order valence-electron chi connectivity index (χ0n) is 16.0. The quantitative estimate of drug-likeness (QED) is 0.456. The van der Waals surface area contributed by atoms with E-state index >= 15 is 0 Å². The lowest BCUT2D eigenvalue weighted by molar-refractivity contribution is 0.304. The van der Waals surface area contributed by atoms with Crippen molar-refractivity contribution in [2.45, 2.75) is 6.61 Å². The number of benzene rings is 3. The van der Waals surface area contributed by atoms with Gasteiger partial charge in [0.1, 0.15) is 29.1 Å². The molecule has 7 nitrogen and oxygen atoms in total. The number of fused-ring (bicyclic) bond motifs is 1. The van der Waals surface area contributed by atoms with E-state index in [-0.39, 0.29) is 46.1 Å². The predicted octanol–water partition coefficient (Wildman–Crippen LogP) is 4.16. The lowest BCUT2D eigenvalue weighted by Gasteiger charge is -2.11. The number of phenols is 2.